The second kappa shape index (κ2) is 10.2. The summed E-state index contributed by atoms with van der Waals surface area (Å²) in [6, 6.07) is 11.9. The van der Waals surface area contributed by atoms with Crippen LogP contribution in [0.3, 0.4) is 0 Å². The summed E-state index contributed by atoms with van der Waals surface area (Å²) in [6.07, 6.45) is 2.98. The molecule has 0 radical (unpaired) electrons. The lowest BCUT2D eigenvalue weighted by Gasteiger charge is -2.20. The summed E-state index contributed by atoms with van der Waals surface area (Å²) < 4.78 is 24.4. The molecule has 35 heavy (non-hydrogen) atoms. The summed E-state index contributed by atoms with van der Waals surface area (Å²) in [5.74, 6) is -0.00420. The number of halogens is 2. The molecular formula is C24H23BrFN7O2. The lowest BCUT2D eigenvalue weighted by molar-refractivity contribution is 0.224. The first kappa shape index (κ1) is 24.4. The standard InChI is InChI=1S/C24H23BrFN7O2/c1-14(2)32-20(12-27)11-18(30-32)10-19-6-7-29-33(19)22-5-4-17(26)9-21(22)15(3)35-23-8-16(25)13-28-24(23)31-34/h4-9,11,13-15,34H,10H2,1-3H3,(H,28,31)/t15-/m1/s1. The second-order valence-corrected chi connectivity index (χ2v) is 9.07. The summed E-state index contributed by atoms with van der Waals surface area (Å²) in [7, 11) is 0. The van der Waals surface area contributed by atoms with Crippen LogP contribution in [0.1, 0.15) is 55.6 Å². The Labute approximate surface area is 209 Å². The maximum Gasteiger partial charge on any atom is 0.192 e. The molecule has 4 rings (SSSR count). The van der Waals surface area contributed by atoms with E-state index in [9.17, 15) is 14.9 Å². The minimum absolute atomic E-state index is 0.0517. The van der Waals surface area contributed by atoms with Crippen molar-refractivity contribution in [3.8, 4) is 17.5 Å². The normalized spacial score (nSPS) is 11.9. The summed E-state index contributed by atoms with van der Waals surface area (Å²) >= 11 is 3.34. The highest BCUT2D eigenvalue weighted by molar-refractivity contribution is 9.10. The number of pyridine rings is 1. The van der Waals surface area contributed by atoms with Gasteiger partial charge in [0.2, 0.25) is 0 Å². The van der Waals surface area contributed by atoms with Crippen LogP contribution in [0.15, 0.2) is 53.3 Å². The zero-order valence-corrected chi connectivity index (χ0v) is 20.9. The largest absolute Gasteiger partial charge is 0.482 e. The molecule has 4 aromatic rings. The molecule has 9 nitrogen and oxygen atoms in total. The van der Waals surface area contributed by atoms with Gasteiger partial charge >= 0.3 is 0 Å². The van der Waals surface area contributed by atoms with Crippen molar-refractivity contribution in [2.45, 2.75) is 39.3 Å². The Morgan fingerprint density at radius 1 is 1.23 bits per heavy atom. The highest BCUT2D eigenvalue weighted by Gasteiger charge is 2.20. The number of rotatable bonds is 8. The molecule has 0 aliphatic rings. The molecule has 0 saturated carbocycles. The van der Waals surface area contributed by atoms with Crippen molar-refractivity contribution in [2.75, 3.05) is 5.48 Å². The van der Waals surface area contributed by atoms with Crippen LogP contribution in [0.25, 0.3) is 5.69 Å². The van der Waals surface area contributed by atoms with Gasteiger partial charge in [-0.15, -0.1) is 0 Å². The van der Waals surface area contributed by atoms with Crippen molar-refractivity contribution in [2.24, 2.45) is 0 Å². The van der Waals surface area contributed by atoms with E-state index in [1.54, 1.807) is 40.7 Å². The number of aromatic nitrogens is 5. The van der Waals surface area contributed by atoms with E-state index >= 15 is 0 Å². The lowest BCUT2D eigenvalue weighted by atomic mass is 10.1. The van der Waals surface area contributed by atoms with Gasteiger partial charge in [0.1, 0.15) is 23.7 Å². The molecule has 180 valence electrons. The van der Waals surface area contributed by atoms with E-state index in [4.69, 9.17) is 4.74 Å². The molecule has 0 amide bonds. The zero-order chi connectivity index (χ0) is 25.1. The van der Waals surface area contributed by atoms with E-state index in [1.807, 2.05) is 25.4 Å². The minimum atomic E-state index is -0.619. The highest BCUT2D eigenvalue weighted by atomic mass is 79.9. The van der Waals surface area contributed by atoms with Crippen LogP contribution in [0, 0.1) is 17.1 Å². The molecule has 3 aromatic heterocycles. The summed E-state index contributed by atoms with van der Waals surface area (Å²) in [5, 5.41) is 27.8. The Hall–Kier alpha value is -3.75. The van der Waals surface area contributed by atoms with E-state index in [0.29, 0.717) is 27.8 Å². The van der Waals surface area contributed by atoms with Crippen molar-refractivity contribution in [3.05, 3.63) is 81.7 Å². The number of nitriles is 1. The average molecular weight is 540 g/mol. The Balaban J connectivity index is 1.69. The molecule has 1 aromatic carbocycles. The van der Waals surface area contributed by atoms with Gasteiger partial charge in [0.05, 0.1) is 17.1 Å². The monoisotopic (exact) mass is 539 g/mol. The number of nitrogens with zero attached hydrogens (tertiary/aromatic N) is 6. The van der Waals surface area contributed by atoms with Crippen molar-refractivity contribution in [1.82, 2.24) is 24.5 Å². The van der Waals surface area contributed by atoms with Gasteiger partial charge < -0.3 is 4.74 Å². The van der Waals surface area contributed by atoms with Crippen LogP contribution < -0.4 is 10.2 Å². The van der Waals surface area contributed by atoms with Crippen molar-refractivity contribution < 1.29 is 14.3 Å². The van der Waals surface area contributed by atoms with Gasteiger partial charge in [0.25, 0.3) is 0 Å². The van der Waals surface area contributed by atoms with Gasteiger partial charge in [0.15, 0.2) is 11.6 Å². The van der Waals surface area contributed by atoms with E-state index in [1.165, 1.54) is 18.3 Å². The van der Waals surface area contributed by atoms with Crippen LogP contribution >= 0.6 is 15.9 Å². The van der Waals surface area contributed by atoms with E-state index in [0.717, 1.165) is 11.4 Å². The molecule has 0 unspecified atom stereocenters. The number of anilines is 1. The van der Waals surface area contributed by atoms with Crippen molar-refractivity contribution >= 4 is 21.7 Å². The molecule has 2 N–H and O–H groups in total. The fourth-order valence-corrected chi connectivity index (χ4v) is 4.08. The molecule has 0 fully saturated rings. The van der Waals surface area contributed by atoms with Gasteiger partial charge in [-0.2, -0.15) is 15.5 Å². The first-order valence-corrected chi connectivity index (χ1v) is 11.6. The number of ether oxygens (including phenoxy) is 1. The van der Waals surface area contributed by atoms with E-state index in [2.05, 4.69) is 37.2 Å². The summed E-state index contributed by atoms with van der Waals surface area (Å²) in [5.41, 5.74) is 5.21. The Bertz CT molecular complexity index is 1390. The third-order valence-electron chi connectivity index (χ3n) is 5.36. The zero-order valence-electron chi connectivity index (χ0n) is 19.3. The number of hydrogen-bond donors (Lipinski definition) is 2. The van der Waals surface area contributed by atoms with E-state index in [-0.39, 0.29) is 17.6 Å². The predicted octanol–water partition coefficient (Wildman–Crippen LogP) is 5.35. The molecule has 3 heterocycles. The highest BCUT2D eigenvalue weighted by Crippen LogP contribution is 2.32. The van der Waals surface area contributed by atoms with E-state index < -0.39 is 11.9 Å². The van der Waals surface area contributed by atoms with Crippen molar-refractivity contribution in [3.63, 3.8) is 0 Å². The van der Waals surface area contributed by atoms with Crippen molar-refractivity contribution in [1.29, 1.82) is 5.26 Å². The van der Waals surface area contributed by atoms with Gasteiger partial charge in [-0.3, -0.25) is 9.89 Å². The third kappa shape index (κ3) is 5.18. The first-order valence-electron chi connectivity index (χ1n) is 10.8. The topological polar surface area (TPSA) is 114 Å². The average Bonchev–Trinajstić information content (AvgIpc) is 3.46. The molecular weight excluding hydrogens is 517 g/mol. The fraction of sp³-hybridized carbons (Fsp3) is 0.250. The molecule has 0 aliphatic carbocycles. The van der Waals surface area contributed by atoms with Crippen LogP contribution in [0.4, 0.5) is 10.2 Å². The van der Waals surface area contributed by atoms with Crippen LogP contribution in [-0.2, 0) is 6.42 Å². The Kier molecular flexibility index (Phi) is 7.14. The number of benzene rings is 1. The van der Waals surface area contributed by atoms with Crippen LogP contribution in [-0.4, -0.2) is 29.8 Å². The maximum absolute atomic E-state index is 14.3. The third-order valence-corrected chi connectivity index (χ3v) is 5.79. The summed E-state index contributed by atoms with van der Waals surface area (Å²) in [6.45, 7) is 5.70. The quantitative estimate of drug-likeness (QED) is 0.290. The first-order chi connectivity index (χ1) is 16.8. The van der Waals surface area contributed by atoms with Gasteiger partial charge in [0, 0.05) is 34.9 Å². The molecule has 1 atom stereocenters. The summed E-state index contributed by atoms with van der Waals surface area (Å²) in [4.78, 5) is 4.07. The Morgan fingerprint density at radius 3 is 2.71 bits per heavy atom. The molecule has 0 saturated heterocycles. The van der Waals surface area contributed by atoms with Gasteiger partial charge in [-0.1, -0.05) is 0 Å². The van der Waals surface area contributed by atoms with Crippen LogP contribution in [0.2, 0.25) is 0 Å². The maximum atomic E-state index is 14.3. The number of nitrogens with one attached hydrogen (secondary N) is 1. The lowest BCUT2D eigenvalue weighted by Crippen LogP contribution is -2.13. The fourth-order valence-electron chi connectivity index (χ4n) is 3.77. The molecule has 0 bridgehead atoms. The minimum Gasteiger partial charge on any atom is -0.482 e. The van der Waals surface area contributed by atoms with Gasteiger partial charge in [-0.05, 0) is 73.1 Å². The Morgan fingerprint density at radius 2 is 2.03 bits per heavy atom. The molecule has 0 aliphatic heterocycles. The second-order valence-electron chi connectivity index (χ2n) is 8.16. The van der Waals surface area contributed by atoms with Crippen LogP contribution in [0.5, 0.6) is 5.75 Å². The smallest absolute Gasteiger partial charge is 0.192 e. The molecule has 11 heteroatoms. The predicted molar refractivity (Wildman–Crippen MR) is 130 cm³/mol. The SMILES string of the molecule is CC(C)n1nc(Cc2ccnn2-c2ccc(F)cc2[C@@H](C)Oc2cc(Br)cnc2NO)cc1C#N. The van der Waals surface area contributed by atoms with Gasteiger partial charge in [-0.25, -0.2) is 19.5 Å². The molecule has 0 spiro atoms. The number of hydrogen-bond acceptors (Lipinski definition) is 7.